The largest absolute Gasteiger partial charge is 0.449 e. The normalized spacial score (nSPS) is 12.2. The molecule has 0 saturated heterocycles. The molecule has 29 heavy (non-hydrogen) atoms. The van der Waals surface area contributed by atoms with Crippen LogP contribution in [0.2, 0.25) is 0 Å². The van der Waals surface area contributed by atoms with Gasteiger partial charge in [0.2, 0.25) is 0 Å². The van der Waals surface area contributed by atoms with Gasteiger partial charge in [0, 0.05) is 17.2 Å². The molecule has 1 N–H and O–H groups in total. The summed E-state index contributed by atoms with van der Waals surface area (Å²) in [7, 11) is -3.46. The summed E-state index contributed by atoms with van der Waals surface area (Å²) in [6.45, 7) is 1.43. The number of esters is 1. The van der Waals surface area contributed by atoms with Gasteiger partial charge in [0.05, 0.1) is 16.2 Å². The van der Waals surface area contributed by atoms with Crippen LogP contribution in [0.3, 0.4) is 0 Å². The predicted molar refractivity (Wildman–Crippen MR) is 111 cm³/mol. The van der Waals surface area contributed by atoms with E-state index in [0.717, 1.165) is 17.5 Å². The van der Waals surface area contributed by atoms with Crippen LogP contribution in [-0.4, -0.2) is 37.6 Å². The van der Waals surface area contributed by atoms with Crippen LogP contribution in [0.1, 0.15) is 17.3 Å². The van der Waals surface area contributed by atoms with E-state index in [1.807, 2.05) is 35.7 Å². The third kappa shape index (κ3) is 5.27. The van der Waals surface area contributed by atoms with Crippen molar-refractivity contribution in [2.45, 2.75) is 17.9 Å². The first kappa shape index (κ1) is 20.7. The van der Waals surface area contributed by atoms with Crippen LogP contribution < -0.4 is 5.32 Å². The molecule has 1 amide bonds. The molecular weight excluding hydrogens is 412 g/mol. The lowest BCUT2D eigenvalue weighted by molar-refractivity contribution is -0.123. The molecule has 9 heteroatoms. The molecule has 2 aromatic carbocycles. The Morgan fingerprint density at radius 1 is 1.10 bits per heavy atom. The number of ether oxygens (including phenoxy) is 1. The Kier molecular flexibility index (Phi) is 6.09. The zero-order chi connectivity index (χ0) is 21.0. The summed E-state index contributed by atoms with van der Waals surface area (Å²) >= 11 is 1.26. The number of aromatic nitrogens is 1. The number of sulfone groups is 1. The average molecular weight is 431 g/mol. The van der Waals surface area contributed by atoms with Crippen molar-refractivity contribution in [1.29, 1.82) is 0 Å². The molecule has 7 nitrogen and oxygen atoms in total. The summed E-state index contributed by atoms with van der Waals surface area (Å²) in [5.74, 6) is -1.33. The fourth-order valence-electron chi connectivity index (χ4n) is 2.42. The van der Waals surface area contributed by atoms with Gasteiger partial charge in [-0.15, -0.1) is 11.3 Å². The zero-order valence-electron chi connectivity index (χ0n) is 15.7. The summed E-state index contributed by atoms with van der Waals surface area (Å²) < 4.78 is 28.4. The number of hydrogen-bond acceptors (Lipinski definition) is 7. The monoisotopic (exact) mass is 430 g/mol. The van der Waals surface area contributed by atoms with Crippen LogP contribution in [0, 0.1) is 0 Å². The van der Waals surface area contributed by atoms with Crippen molar-refractivity contribution in [3.05, 3.63) is 65.5 Å². The van der Waals surface area contributed by atoms with E-state index in [-0.39, 0.29) is 10.5 Å². The fourth-order valence-corrected chi connectivity index (χ4v) is 3.80. The second-order valence-corrected chi connectivity index (χ2v) is 9.11. The first-order valence-electron chi connectivity index (χ1n) is 8.57. The molecule has 0 aliphatic carbocycles. The Bertz CT molecular complexity index is 1140. The van der Waals surface area contributed by atoms with Gasteiger partial charge in [0.15, 0.2) is 21.1 Å². The van der Waals surface area contributed by atoms with E-state index in [0.29, 0.717) is 5.13 Å². The molecule has 1 aromatic heterocycles. The Hall–Kier alpha value is -3.04. The Morgan fingerprint density at radius 3 is 2.52 bits per heavy atom. The molecule has 0 radical (unpaired) electrons. The highest BCUT2D eigenvalue weighted by Gasteiger charge is 2.21. The molecule has 0 fully saturated rings. The SMILES string of the molecule is C[C@@H](OC(=O)c1cccc(S(C)(=O)=O)c1)C(=O)Nc1nc(-c2ccccc2)cs1. The first-order valence-corrected chi connectivity index (χ1v) is 11.3. The van der Waals surface area contributed by atoms with E-state index in [1.165, 1.54) is 42.5 Å². The van der Waals surface area contributed by atoms with Gasteiger partial charge >= 0.3 is 5.97 Å². The molecule has 0 bridgehead atoms. The predicted octanol–water partition coefficient (Wildman–Crippen LogP) is 3.40. The number of carbonyl (C=O) groups is 2. The number of hydrogen-bond donors (Lipinski definition) is 1. The van der Waals surface area contributed by atoms with Gasteiger partial charge in [-0.05, 0) is 25.1 Å². The van der Waals surface area contributed by atoms with Crippen molar-refractivity contribution in [3.8, 4) is 11.3 Å². The van der Waals surface area contributed by atoms with E-state index in [9.17, 15) is 18.0 Å². The maximum Gasteiger partial charge on any atom is 0.338 e. The van der Waals surface area contributed by atoms with E-state index in [1.54, 1.807) is 0 Å². The number of rotatable bonds is 6. The van der Waals surface area contributed by atoms with E-state index in [2.05, 4.69) is 10.3 Å². The van der Waals surface area contributed by atoms with Crippen LogP contribution >= 0.6 is 11.3 Å². The maximum absolute atomic E-state index is 12.3. The van der Waals surface area contributed by atoms with Crippen LogP contribution in [0.5, 0.6) is 0 Å². The lowest BCUT2D eigenvalue weighted by Crippen LogP contribution is -2.30. The minimum atomic E-state index is -3.46. The molecule has 3 aromatic rings. The van der Waals surface area contributed by atoms with Gasteiger partial charge in [-0.3, -0.25) is 10.1 Å². The first-order chi connectivity index (χ1) is 13.7. The van der Waals surface area contributed by atoms with Gasteiger partial charge in [-0.1, -0.05) is 36.4 Å². The molecular formula is C20H18N2O5S2. The van der Waals surface area contributed by atoms with Gasteiger partial charge < -0.3 is 4.74 Å². The van der Waals surface area contributed by atoms with Crippen molar-refractivity contribution < 1.29 is 22.7 Å². The quantitative estimate of drug-likeness (QED) is 0.602. The number of amides is 1. The number of nitrogens with zero attached hydrogens (tertiary/aromatic N) is 1. The van der Waals surface area contributed by atoms with Gasteiger partial charge in [-0.2, -0.15) is 0 Å². The smallest absolute Gasteiger partial charge is 0.338 e. The van der Waals surface area contributed by atoms with Crippen molar-refractivity contribution in [3.63, 3.8) is 0 Å². The fraction of sp³-hybridized carbons (Fsp3) is 0.150. The van der Waals surface area contributed by atoms with Crippen LogP contribution in [0.25, 0.3) is 11.3 Å². The Labute approximate surface area is 172 Å². The minimum absolute atomic E-state index is 0.000261. The second-order valence-electron chi connectivity index (χ2n) is 6.24. The molecule has 3 rings (SSSR count). The summed E-state index contributed by atoms with van der Waals surface area (Å²) in [6, 6.07) is 15.0. The second kappa shape index (κ2) is 8.54. The summed E-state index contributed by atoms with van der Waals surface area (Å²) in [5, 5.41) is 4.82. The standard InChI is InChI=1S/C20H18N2O5S2/c1-13(27-19(24)15-9-6-10-16(11-15)29(2,25)26)18(23)22-20-21-17(12-28-20)14-7-4-3-5-8-14/h3-13H,1-2H3,(H,21,22,23)/t13-/m1/s1. The average Bonchev–Trinajstić information content (AvgIpc) is 3.16. The third-order valence-corrected chi connectivity index (χ3v) is 5.82. The molecule has 0 aliphatic heterocycles. The number of nitrogens with one attached hydrogen (secondary N) is 1. The highest BCUT2D eigenvalue weighted by Crippen LogP contribution is 2.24. The van der Waals surface area contributed by atoms with Crippen molar-refractivity contribution >= 4 is 38.2 Å². The van der Waals surface area contributed by atoms with E-state index < -0.39 is 27.8 Å². The van der Waals surface area contributed by atoms with E-state index >= 15 is 0 Å². The van der Waals surface area contributed by atoms with Gasteiger partial charge in [0.25, 0.3) is 5.91 Å². The maximum atomic E-state index is 12.3. The topological polar surface area (TPSA) is 102 Å². The molecule has 0 unspecified atom stereocenters. The van der Waals surface area contributed by atoms with Crippen molar-refractivity contribution in [2.75, 3.05) is 11.6 Å². The van der Waals surface area contributed by atoms with Gasteiger partial charge in [-0.25, -0.2) is 18.2 Å². The zero-order valence-corrected chi connectivity index (χ0v) is 17.3. The van der Waals surface area contributed by atoms with Crippen molar-refractivity contribution in [1.82, 2.24) is 4.98 Å². The van der Waals surface area contributed by atoms with Crippen LogP contribution in [0.4, 0.5) is 5.13 Å². The summed E-state index contributed by atoms with van der Waals surface area (Å²) in [6.07, 6.45) is -0.0425. The third-order valence-electron chi connectivity index (χ3n) is 3.95. The minimum Gasteiger partial charge on any atom is -0.449 e. The lowest BCUT2D eigenvalue weighted by atomic mass is 10.2. The highest BCUT2D eigenvalue weighted by molar-refractivity contribution is 7.90. The molecule has 1 atom stereocenters. The van der Waals surface area contributed by atoms with Gasteiger partial charge in [0.1, 0.15) is 0 Å². The molecule has 0 aliphatic rings. The molecule has 150 valence electrons. The van der Waals surface area contributed by atoms with Crippen LogP contribution in [-0.2, 0) is 19.4 Å². The van der Waals surface area contributed by atoms with Crippen molar-refractivity contribution in [2.24, 2.45) is 0 Å². The molecule has 0 saturated carbocycles. The molecule has 0 spiro atoms. The Balaban J connectivity index is 1.64. The Morgan fingerprint density at radius 2 is 1.83 bits per heavy atom. The number of carbonyl (C=O) groups excluding carboxylic acids is 2. The number of benzene rings is 2. The highest BCUT2D eigenvalue weighted by atomic mass is 32.2. The van der Waals surface area contributed by atoms with Crippen LogP contribution in [0.15, 0.2) is 64.9 Å². The summed E-state index contributed by atoms with van der Waals surface area (Å²) in [5.41, 5.74) is 1.70. The number of thiazole rings is 1. The summed E-state index contributed by atoms with van der Waals surface area (Å²) in [4.78, 5) is 29.0. The van der Waals surface area contributed by atoms with E-state index in [4.69, 9.17) is 4.74 Å². The molecule has 1 heterocycles. The number of anilines is 1. The lowest BCUT2D eigenvalue weighted by Gasteiger charge is -2.12.